The van der Waals surface area contributed by atoms with Crippen molar-refractivity contribution < 1.29 is 9.59 Å². The number of nitrogens with zero attached hydrogens (tertiary/aromatic N) is 2. The summed E-state index contributed by atoms with van der Waals surface area (Å²) >= 11 is 3.43. The lowest BCUT2D eigenvalue weighted by Gasteiger charge is -2.13. The second-order valence-corrected chi connectivity index (χ2v) is 8.17. The number of nitrogens with one attached hydrogen (secondary N) is 3. The van der Waals surface area contributed by atoms with Gasteiger partial charge in [0.15, 0.2) is 0 Å². The molecule has 0 radical (unpaired) electrons. The molecule has 2 amide bonds. The number of anilines is 3. The highest BCUT2D eigenvalue weighted by molar-refractivity contribution is 9.10. The first-order valence-electron chi connectivity index (χ1n) is 10.4. The van der Waals surface area contributed by atoms with E-state index < -0.39 is 5.91 Å². The van der Waals surface area contributed by atoms with Crippen LogP contribution in [0.4, 0.5) is 17.5 Å². The fraction of sp³-hybridized carbons (Fsp3) is 0.217. The van der Waals surface area contributed by atoms with Gasteiger partial charge in [0.2, 0.25) is 17.8 Å². The van der Waals surface area contributed by atoms with Gasteiger partial charge in [-0.25, -0.2) is 4.98 Å². The highest BCUT2D eigenvalue weighted by Crippen LogP contribution is 2.22. The van der Waals surface area contributed by atoms with Crippen LogP contribution in [0.25, 0.3) is 0 Å². The van der Waals surface area contributed by atoms with Gasteiger partial charge < -0.3 is 27.4 Å². The van der Waals surface area contributed by atoms with Gasteiger partial charge >= 0.3 is 0 Å². The number of primary amides is 1. The van der Waals surface area contributed by atoms with Crippen molar-refractivity contribution in [2.24, 2.45) is 11.5 Å². The van der Waals surface area contributed by atoms with Gasteiger partial charge in [0.25, 0.3) is 0 Å². The zero-order valence-corrected chi connectivity index (χ0v) is 19.5. The molecule has 0 spiro atoms. The molecule has 0 fully saturated rings. The highest BCUT2D eigenvalue weighted by atomic mass is 79.9. The van der Waals surface area contributed by atoms with E-state index in [9.17, 15) is 9.59 Å². The summed E-state index contributed by atoms with van der Waals surface area (Å²) in [5, 5.41) is 9.17. The minimum absolute atomic E-state index is 0.0840. The Hall–Kier alpha value is -3.50. The number of halogens is 1. The Kier molecular flexibility index (Phi) is 8.73. The lowest BCUT2D eigenvalue weighted by molar-refractivity contribution is -0.121. The monoisotopic (exact) mass is 511 g/mol. The number of carbonyl (C=O) groups is 2. The van der Waals surface area contributed by atoms with Crippen molar-refractivity contribution in [3.8, 4) is 0 Å². The maximum absolute atomic E-state index is 12.1. The first-order chi connectivity index (χ1) is 15.9. The predicted octanol–water partition coefficient (Wildman–Crippen LogP) is 3.09. The molecule has 7 N–H and O–H groups in total. The Morgan fingerprint density at radius 2 is 1.85 bits per heavy atom. The molecule has 1 atom stereocenters. The molecule has 0 aliphatic rings. The maximum atomic E-state index is 12.1. The number of benzene rings is 2. The van der Waals surface area contributed by atoms with E-state index in [1.165, 1.54) is 0 Å². The summed E-state index contributed by atoms with van der Waals surface area (Å²) in [6.45, 7) is 1.11. The molecule has 0 saturated heterocycles. The molecule has 1 aromatic heterocycles. The Bertz CT molecular complexity index is 1100. The number of amides is 2. The van der Waals surface area contributed by atoms with Crippen LogP contribution in [0.1, 0.15) is 34.8 Å². The van der Waals surface area contributed by atoms with E-state index in [1.54, 1.807) is 30.5 Å². The highest BCUT2D eigenvalue weighted by Gasteiger charge is 2.11. The zero-order chi connectivity index (χ0) is 23.6. The Morgan fingerprint density at radius 3 is 2.61 bits per heavy atom. The summed E-state index contributed by atoms with van der Waals surface area (Å²) in [5.74, 6) is 0.382. The van der Waals surface area contributed by atoms with Crippen molar-refractivity contribution in [2.45, 2.75) is 18.9 Å². The SMILES string of the molecule is NC(=O)c1cccc(Nc2ncc(Br)c(NCCCNC(=O)CC(N)c3ccccc3)n2)c1. The van der Waals surface area contributed by atoms with Crippen molar-refractivity contribution in [2.75, 3.05) is 23.7 Å². The normalized spacial score (nSPS) is 11.5. The third kappa shape index (κ3) is 7.55. The van der Waals surface area contributed by atoms with Crippen molar-refractivity contribution in [3.05, 3.63) is 76.4 Å². The molecule has 0 saturated carbocycles. The van der Waals surface area contributed by atoms with Gasteiger partial charge in [0.1, 0.15) is 5.82 Å². The van der Waals surface area contributed by atoms with Gasteiger partial charge in [-0.1, -0.05) is 36.4 Å². The maximum Gasteiger partial charge on any atom is 0.248 e. The van der Waals surface area contributed by atoms with Gasteiger partial charge in [-0.15, -0.1) is 0 Å². The average molecular weight is 512 g/mol. The number of hydrogen-bond acceptors (Lipinski definition) is 7. The molecule has 0 aliphatic carbocycles. The molecule has 0 bridgehead atoms. The van der Waals surface area contributed by atoms with Gasteiger partial charge in [0.05, 0.1) is 4.47 Å². The number of aromatic nitrogens is 2. The minimum atomic E-state index is -0.508. The van der Waals surface area contributed by atoms with Crippen molar-refractivity contribution in [1.29, 1.82) is 0 Å². The third-order valence-corrected chi connectivity index (χ3v) is 5.33. The summed E-state index contributed by atoms with van der Waals surface area (Å²) in [7, 11) is 0. The molecular formula is C23H26BrN7O2. The van der Waals surface area contributed by atoms with E-state index >= 15 is 0 Å². The molecule has 3 aromatic rings. The average Bonchev–Trinajstić information content (AvgIpc) is 2.81. The van der Waals surface area contributed by atoms with Crippen LogP contribution in [0.2, 0.25) is 0 Å². The summed E-state index contributed by atoms with van der Waals surface area (Å²) in [6.07, 6.45) is 2.56. The first kappa shape index (κ1) is 24.1. The van der Waals surface area contributed by atoms with Crippen molar-refractivity contribution >= 4 is 45.2 Å². The number of hydrogen-bond donors (Lipinski definition) is 5. The molecule has 3 rings (SSSR count). The van der Waals surface area contributed by atoms with E-state index in [4.69, 9.17) is 11.5 Å². The lowest BCUT2D eigenvalue weighted by Crippen LogP contribution is -2.29. The van der Waals surface area contributed by atoms with Gasteiger partial charge in [-0.3, -0.25) is 9.59 Å². The van der Waals surface area contributed by atoms with Crippen LogP contribution >= 0.6 is 15.9 Å². The number of carbonyl (C=O) groups excluding carboxylic acids is 2. The van der Waals surface area contributed by atoms with Crippen LogP contribution in [-0.4, -0.2) is 34.9 Å². The van der Waals surface area contributed by atoms with Crippen molar-refractivity contribution in [1.82, 2.24) is 15.3 Å². The predicted molar refractivity (Wildman–Crippen MR) is 132 cm³/mol. The van der Waals surface area contributed by atoms with Crippen LogP contribution in [0, 0.1) is 0 Å². The van der Waals surface area contributed by atoms with Crippen LogP contribution in [0.3, 0.4) is 0 Å². The lowest BCUT2D eigenvalue weighted by atomic mass is 10.0. The second kappa shape index (κ2) is 11.9. The smallest absolute Gasteiger partial charge is 0.248 e. The molecular weight excluding hydrogens is 486 g/mol. The largest absolute Gasteiger partial charge is 0.369 e. The van der Waals surface area contributed by atoms with Crippen molar-refractivity contribution in [3.63, 3.8) is 0 Å². The van der Waals surface area contributed by atoms with Gasteiger partial charge in [-0.05, 0) is 46.1 Å². The molecule has 1 heterocycles. The van der Waals surface area contributed by atoms with E-state index in [-0.39, 0.29) is 18.4 Å². The number of rotatable bonds is 11. The Labute approximate surface area is 200 Å². The molecule has 33 heavy (non-hydrogen) atoms. The van der Waals surface area contributed by atoms with Gasteiger partial charge in [0, 0.05) is 43.0 Å². The summed E-state index contributed by atoms with van der Waals surface area (Å²) in [4.78, 5) is 32.2. The molecule has 0 aliphatic heterocycles. The van der Waals surface area contributed by atoms with E-state index in [1.807, 2.05) is 30.3 Å². The second-order valence-electron chi connectivity index (χ2n) is 7.31. The van der Waals surface area contributed by atoms with Crippen LogP contribution in [0.5, 0.6) is 0 Å². The van der Waals surface area contributed by atoms with E-state index in [0.717, 1.165) is 5.56 Å². The summed E-state index contributed by atoms with van der Waals surface area (Å²) in [5.41, 5.74) is 13.4. The van der Waals surface area contributed by atoms with Gasteiger partial charge in [-0.2, -0.15) is 4.98 Å². The van der Waals surface area contributed by atoms with Crippen LogP contribution < -0.4 is 27.4 Å². The summed E-state index contributed by atoms with van der Waals surface area (Å²) in [6, 6.07) is 16.0. The van der Waals surface area contributed by atoms with E-state index in [2.05, 4.69) is 41.8 Å². The van der Waals surface area contributed by atoms with E-state index in [0.29, 0.717) is 47.0 Å². The minimum Gasteiger partial charge on any atom is -0.369 e. The topological polar surface area (TPSA) is 148 Å². The standard InChI is InChI=1S/C23H26BrN7O2/c24-18-14-29-23(30-17-9-4-8-16(12-17)21(26)33)31-22(18)28-11-5-10-27-20(32)13-19(25)15-6-2-1-3-7-15/h1-4,6-9,12,14,19H,5,10-11,13,25H2,(H2,26,33)(H,27,32)(H2,28,29,30,31). The number of nitrogens with two attached hydrogens (primary N) is 2. The zero-order valence-electron chi connectivity index (χ0n) is 17.9. The fourth-order valence-electron chi connectivity index (χ4n) is 3.04. The quantitative estimate of drug-likeness (QED) is 0.248. The molecule has 9 nitrogen and oxygen atoms in total. The Morgan fingerprint density at radius 1 is 1.06 bits per heavy atom. The fourth-order valence-corrected chi connectivity index (χ4v) is 3.37. The molecule has 2 aromatic carbocycles. The molecule has 10 heteroatoms. The Balaban J connectivity index is 1.44. The molecule has 1 unspecified atom stereocenters. The molecule has 172 valence electrons. The summed E-state index contributed by atoms with van der Waals surface area (Å²) < 4.78 is 0.705. The third-order valence-electron chi connectivity index (χ3n) is 4.75. The van der Waals surface area contributed by atoms with Crippen LogP contribution in [0.15, 0.2) is 65.3 Å². The first-order valence-corrected chi connectivity index (χ1v) is 11.2. The van der Waals surface area contributed by atoms with Crippen LogP contribution in [-0.2, 0) is 4.79 Å².